The van der Waals surface area contributed by atoms with Gasteiger partial charge in [-0.3, -0.25) is 4.90 Å². The van der Waals surface area contributed by atoms with Crippen LogP contribution >= 0.6 is 11.3 Å². The molecular formula is C12H19NOS. The molecule has 0 bridgehead atoms. The van der Waals surface area contributed by atoms with Crippen LogP contribution in [-0.4, -0.2) is 29.7 Å². The van der Waals surface area contributed by atoms with E-state index in [9.17, 15) is 0 Å². The molecule has 0 fully saturated rings. The molecule has 2 rings (SSSR count). The third-order valence-corrected chi connectivity index (χ3v) is 4.25. The summed E-state index contributed by atoms with van der Waals surface area (Å²) in [6.45, 7) is 4.92. The van der Waals surface area contributed by atoms with Crippen molar-refractivity contribution in [2.45, 2.75) is 32.2 Å². The topological polar surface area (TPSA) is 23.5 Å². The minimum Gasteiger partial charge on any atom is -0.396 e. The lowest BCUT2D eigenvalue weighted by Gasteiger charge is -2.33. The van der Waals surface area contributed by atoms with E-state index in [4.69, 9.17) is 5.11 Å². The summed E-state index contributed by atoms with van der Waals surface area (Å²) in [6.07, 6.45) is 3.25. The van der Waals surface area contributed by atoms with Crippen LogP contribution in [0.15, 0.2) is 11.4 Å². The van der Waals surface area contributed by atoms with Crippen molar-refractivity contribution in [2.75, 3.05) is 19.7 Å². The van der Waals surface area contributed by atoms with Crippen LogP contribution in [0.2, 0.25) is 0 Å². The fourth-order valence-electron chi connectivity index (χ4n) is 2.29. The molecule has 2 nitrogen and oxygen atoms in total. The first kappa shape index (κ1) is 11.1. The molecule has 0 aromatic carbocycles. The smallest absolute Gasteiger partial charge is 0.0431 e. The zero-order valence-corrected chi connectivity index (χ0v) is 10.1. The van der Waals surface area contributed by atoms with Crippen LogP contribution in [0.4, 0.5) is 0 Å². The van der Waals surface area contributed by atoms with E-state index in [1.54, 1.807) is 4.88 Å². The number of unbranched alkanes of at least 4 members (excludes halogenated alkanes) is 1. The molecule has 84 valence electrons. The number of hydrogen-bond donors (Lipinski definition) is 1. The predicted molar refractivity (Wildman–Crippen MR) is 64.3 cm³/mol. The standard InChI is InChI=1S/C12H19NOS/c1-10-11-5-9-15-12(11)4-7-13(10)6-2-3-8-14/h5,9-10,14H,2-4,6-8H2,1H3. The third-order valence-electron chi connectivity index (χ3n) is 3.26. The van der Waals surface area contributed by atoms with Crippen molar-refractivity contribution < 1.29 is 5.11 Å². The number of rotatable bonds is 4. The zero-order valence-electron chi connectivity index (χ0n) is 9.28. The van der Waals surface area contributed by atoms with Gasteiger partial charge in [0, 0.05) is 24.1 Å². The summed E-state index contributed by atoms with van der Waals surface area (Å²) in [7, 11) is 0. The first-order chi connectivity index (χ1) is 7.33. The van der Waals surface area contributed by atoms with Crippen LogP contribution in [0.1, 0.15) is 36.2 Å². The quantitative estimate of drug-likeness (QED) is 0.796. The third kappa shape index (κ3) is 2.41. The molecule has 0 saturated heterocycles. The Morgan fingerprint density at radius 1 is 1.53 bits per heavy atom. The molecule has 0 saturated carbocycles. The number of hydrogen-bond acceptors (Lipinski definition) is 3. The van der Waals surface area contributed by atoms with Gasteiger partial charge in [0.2, 0.25) is 0 Å². The van der Waals surface area contributed by atoms with E-state index in [1.165, 1.54) is 18.5 Å². The predicted octanol–water partition coefficient (Wildman–Crippen LogP) is 2.44. The number of fused-ring (bicyclic) bond motifs is 1. The van der Waals surface area contributed by atoms with Crippen molar-refractivity contribution in [3.8, 4) is 0 Å². The molecule has 15 heavy (non-hydrogen) atoms. The Labute approximate surface area is 95.5 Å². The number of aliphatic hydroxyl groups excluding tert-OH is 1. The monoisotopic (exact) mass is 225 g/mol. The Balaban J connectivity index is 1.94. The van der Waals surface area contributed by atoms with Crippen molar-refractivity contribution in [3.05, 3.63) is 21.9 Å². The second-order valence-corrected chi connectivity index (χ2v) is 5.19. The largest absolute Gasteiger partial charge is 0.396 e. The van der Waals surface area contributed by atoms with E-state index in [2.05, 4.69) is 23.3 Å². The Bertz CT molecular complexity index is 310. The highest BCUT2D eigenvalue weighted by Crippen LogP contribution is 2.32. The lowest BCUT2D eigenvalue weighted by Crippen LogP contribution is -2.33. The van der Waals surface area contributed by atoms with Crippen LogP contribution in [-0.2, 0) is 6.42 Å². The van der Waals surface area contributed by atoms with Crippen LogP contribution in [0.5, 0.6) is 0 Å². The van der Waals surface area contributed by atoms with Crippen LogP contribution in [0.3, 0.4) is 0 Å². The van der Waals surface area contributed by atoms with Crippen molar-refractivity contribution in [1.82, 2.24) is 4.90 Å². The number of nitrogens with zero attached hydrogens (tertiary/aromatic N) is 1. The van der Waals surface area contributed by atoms with Crippen molar-refractivity contribution in [2.24, 2.45) is 0 Å². The average Bonchev–Trinajstić information content (AvgIpc) is 2.70. The van der Waals surface area contributed by atoms with Gasteiger partial charge >= 0.3 is 0 Å². The minimum atomic E-state index is 0.325. The lowest BCUT2D eigenvalue weighted by atomic mass is 10.0. The summed E-state index contributed by atoms with van der Waals surface area (Å²) in [5, 5.41) is 11.0. The van der Waals surface area contributed by atoms with Gasteiger partial charge in [0.1, 0.15) is 0 Å². The Morgan fingerprint density at radius 2 is 2.40 bits per heavy atom. The molecule has 1 aromatic rings. The lowest BCUT2D eigenvalue weighted by molar-refractivity contribution is 0.188. The van der Waals surface area contributed by atoms with E-state index in [0.29, 0.717) is 12.6 Å². The first-order valence-electron chi connectivity index (χ1n) is 5.74. The maximum absolute atomic E-state index is 8.77. The Hall–Kier alpha value is -0.380. The van der Waals surface area contributed by atoms with Gasteiger partial charge in [-0.2, -0.15) is 0 Å². The summed E-state index contributed by atoms with van der Waals surface area (Å²) in [4.78, 5) is 4.10. The maximum atomic E-state index is 8.77. The molecule has 0 aliphatic carbocycles. The number of aliphatic hydroxyl groups is 1. The molecule has 0 spiro atoms. The second-order valence-electron chi connectivity index (χ2n) is 4.19. The SMILES string of the molecule is CC1c2ccsc2CCN1CCCCO. The second kappa shape index (κ2) is 5.10. The molecule has 1 N–H and O–H groups in total. The van der Waals surface area contributed by atoms with E-state index in [0.717, 1.165) is 19.4 Å². The van der Waals surface area contributed by atoms with Gasteiger partial charge in [-0.25, -0.2) is 0 Å². The fraction of sp³-hybridized carbons (Fsp3) is 0.667. The molecule has 1 aromatic heterocycles. The van der Waals surface area contributed by atoms with Gasteiger partial charge in [0.25, 0.3) is 0 Å². The summed E-state index contributed by atoms with van der Waals surface area (Å²) in [5.41, 5.74) is 1.52. The van der Waals surface area contributed by atoms with E-state index in [-0.39, 0.29) is 0 Å². The zero-order chi connectivity index (χ0) is 10.7. The van der Waals surface area contributed by atoms with Gasteiger partial charge in [-0.15, -0.1) is 11.3 Å². The molecule has 0 radical (unpaired) electrons. The van der Waals surface area contributed by atoms with Gasteiger partial charge < -0.3 is 5.11 Å². The highest BCUT2D eigenvalue weighted by Gasteiger charge is 2.23. The number of thiophene rings is 1. The van der Waals surface area contributed by atoms with Gasteiger partial charge in [-0.1, -0.05) is 0 Å². The Kier molecular flexibility index (Phi) is 3.78. The van der Waals surface area contributed by atoms with Crippen LogP contribution in [0.25, 0.3) is 0 Å². The molecule has 1 aliphatic rings. The molecule has 2 heterocycles. The van der Waals surface area contributed by atoms with E-state index < -0.39 is 0 Å². The van der Waals surface area contributed by atoms with E-state index >= 15 is 0 Å². The highest BCUT2D eigenvalue weighted by molar-refractivity contribution is 7.10. The molecule has 1 atom stereocenters. The highest BCUT2D eigenvalue weighted by atomic mass is 32.1. The minimum absolute atomic E-state index is 0.325. The van der Waals surface area contributed by atoms with Crippen LogP contribution < -0.4 is 0 Å². The summed E-state index contributed by atoms with van der Waals surface area (Å²) in [5.74, 6) is 0. The van der Waals surface area contributed by atoms with Crippen molar-refractivity contribution in [1.29, 1.82) is 0 Å². The van der Waals surface area contributed by atoms with Gasteiger partial charge in [-0.05, 0) is 49.7 Å². The van der Waals surface area contributed by atoms with Gasteiger partial charge in [0.05, 0.1) is 0 Å². The summed E-state index contributed by atoms with van der Waals surface area (Å²) in [6, 6.07) is 2.83. The molecule has 0 amide bonds. The normalized spacial score (nSPS) is 21.6. The van der Waals surface area contributed by atoms with Crippen molar-refractivity contribution >= 4 is 11.3 Å². The molecule has 1 aliphatic heterocycles. The van der Waals surface area contributed by atoms with E-state index in [1.807, 2.05) is 11.3 Å². The maximum Gasteiger partial charge on any atom is 0.0431 e. The molecule has 1 unspecified atom stereocenters. The van der Waals surface area contributed by atoms with Gasteiger partial charge in [0.15, 0.2) is 0 Å². The Morgan fingerprint density at radius 3 is 3.20 bits per heavy atom. The first-order valence-corrected chi connectivity index (χ1v) is 6.62. The fourth-order valence-corrected chi connectivity index (χ4v) is 3.26. The van der Waals surface area contributed by atoms with Crippen LogP contribution in [0, 0.1) is 0 Å². The van der Waals surface area contributed by atoms with Crippen molar-refractivity contribution in [3.63, 3.8) is 0 Å². The molecular weight excluding hydrogens is 206 g/mol. The summed E-state index contributed by atoms with van der Waals surface area (Å²) >= 11 is 1.89. The summed E-state index contributed by atoms with van der Waals surface area (Å²) < 4.78 is 0. The molecule has 3 heteroatoms. The average molecular weight is 225 g/mol.